The normalized spacial score (nSPS) is 26.2. The summed E-state index contributed by atoms with van der Waals surface area (Å²) in [5.41, 5.74) is 0. The van der Waals surface area contributed by atoms with Gasteiger partial charge in [0.15, 0.2) is 0 Å². The highest BCUT2D eigenvalue weighted by atomic mass is 32.2. The van der Waals surface area contributed by atoms with Crippen molar-refractivity contribution in [1.82, 2.24) is 5.32 Å². The highest BCUT2D eigenvalue weighted by Crippen LogP contribution is 2.27. The zero-order chi connectivity index (χ0) is 14.5. The van der Waals surface area contributed by atoms with E-state index in [0.717, 1.165) is 17.1 Å². The Kier molecular flexibility index (Phi) is 5.50. The minimum atomic E-state index is -1.14. The fourth-order valence-corrected chi connectivity index (χ4v) is 3.33. The Morgan fingerprint density at radius 1 is 1.50 bits per heavy atom. The first-order valence-corrected chi connectivity index (χ1v) is 7.69. The maximum Gasteiger partial charge on any atom is 0.478 e. The van der Waals surface area contributed by atoms with Gasteiger partial charge in [-0.25, -0.2) is 0 Å². The summed E-state index contributed by atoms with van der Waals surface area (Å²) >= 11 is 1.68. The molecule has 3 N–H and O–H groups in total. The minimum Gasteiger partial charge on any atom is -0.481 e. The van der Waals surface area contributed by atoms with Gasteiger partial charge in [0.25, 0.3) is 0 Å². The fourth-order valence-electron chi connectivity index (χ4n) is 2.36. The van der Waals surface area contributed by atoms with Gasteiger partial charge in [0.05, 0.1) is 24.9 Å². The summed E-state index contributed by atoms with van der Waals surface area (Å²) in [6.07, 6.45) is 3.83. The molecule has 0 aliphatic carbocycles. The summed E-state index contributed by atoms with van der Waals surface area (Å²) in [7, 11) is -1.14. The minimum absolute atomic E-state index is 0.124. The fraction of sp³-hybridized carbons (Fsp3) is 0.667. The summed E-state index contributed by atoms with van der Waals surface area (Å²) in [6.45, 7) is 0. The molecule has 2 aliphatic rings. The van der Waals surface area contributed by atoms with E-state index in [2.05, 4.69) is 11.4 Å². The number of hydrogen-bond acceptors (Lipinski definition) is 5. The van der Waals surface area contributed by atoms with Crippen LogP contribution < -0.4 is 5.32 Å². The van der Waals surface area contributed by atoms with Crippen LogP contribution in [0.25, 0.3) is 0 Å². The van der Waals surface area contributed by atoms with Crippen molar-refractivity contribution in [3.63, 3.8) is 0 Å². The van der Waals surface area contributed by atoms with E-state index in [1.807, 2.05) is 0 Å². The molecule has 2 heterocycles. The van der Waals surface area contributed by atoms with Gasteiger partial charge in [-0.2, -0.15) is 0 Å². The van der Waals surface area contributed by atoms with Crippen LogP contribution >= 0.6 is 11.8 Å². The average molecular weight is 299 g/mol. The second kappa shape index (κ2) is 7.15. The van der Waals surface area contributed by atoms with Crippen molar-refractivity contribution < 1.29 is 24.4 Å². The Morgan fingerprint density at radius 2 is 2.30 bits per heavy atom. The lowest BCUT2D eigenvalue weighted by molar-refractivity contribution is -0.139. The van der Waals surface area contributed by atoms with Gasteiger partial charge in [0.2, 0.25) is 5.91 Å². The SMILES string of the molecule is O=C(O)CC1CC[C@H](NC(=O)CC2=CCCS2)B(O)O1. The molecule has 0 saturated carbocycles. The van der Waals surface area contributed by atoms with Gasteiger partial charge in [0, 0.05) is 5.75 Å². The second-order valence-electron chi connectivity index (χ2n) is 4.98. The Labute approximate surface area is 122 Å². The first kappa shape index (κ1) is 15.4. The number of carbonyl (C=O) groups excluding carboxylic acids is 1. The third-order valence-corrected chi connectivity index (χ3v) is 4.46. The van der Waals surface area contributed by atoms with E-state index in [-0.39, 0.29) is 12.3 Å². The Morgan fingerprint density at radius 3 is 2.90 bits per heavy atom. The molecule has 1 unspecified atom stereocenters. The first-order chi connectivity index (χ1) is 9.54. The second-order valence-corrected chi connectivity index (χ2v) is 6.20. The molecule has 2 aliphatic heterocycles. The number of allylic oxidation sites excluding steroid dienone is 1. The van der Waals surface area contributed by atoms with E-state index in [1.54, 1.807) is 11.8 Å². The third-order valence-electron chi connectivity index (χ3n) is 3.34. The Bertz CT molecular complexity index is 417. The van der Waals surface area contributed by atoms with Crippen LogP contribution in [0.2, 0.25) is 0 Å². The maximum atomic E-state index is 11.8. The van der Waals surface area contributed by atoms with E-state index in [9.17, 15) is 14.6 Å². The van der Waals surface area contributed by atoms with Crippen LogP contribution in [0.1, 0.15) is 32.1 Å². The quantitative estimate of drug-likeness (QED) is 0.642. The highest BCUT2D eigenvalue weighted by molar-refractivity contribution is 8.03. The number of thioether (sulfide) groups is 1. The van der Waals surface area contributed by atoms with E-state index in [0.29, 0.717) is 19.3 Å². The molecular weight excluding hydrogens is 281 g/mol. The van der Waals surface area contributed by atoms with Crippen LogP contribution in [0, 0.1) is 0 Å². The first-order valence-electron chi connectivity index (χ1n) is 6.71. The molecule has 0 aromatic carbocycles. The standard InChI is InChI=1S/C12H18BNO5S/c15-11(7-9-2-1-5-20-9)14-10-4-3-8(6-12(16)17)19-13(10)18/h2,8,10,18H,1,3-7H2,(H,14,15)(H,16,17)/t8?,10-/m0/s1. The lowest BCUT2D eigenvalue weighted by Gasteiger charge is -2.30. The molecule has 1 saturated heterocycles. The molecule has 1 amide bonds. The van der Waals surface area contributed by atoms with Gasteiger partial charge in [-0.3, -0.25) is 9.59 Å². The number of rotatable bonds is 5. The molecule has 0 radical (unpaired) electrons. The van der Waals surface area contributed by atoms with Gasteiger partial charge in [-0.1, -0.05) is 6.08 Å². The molecular formula is C12H18BNO5S. The largest absolute Gasteiger partial charge is 0.481 e. The zero-order valence-corrected chi connectivity index (χ0v) is 11.9. The smallest absolute Gasteiger partial charge is 0.478 e. The molecule has 2 atom stereocenters. The molecule has 1 fully saturated rings. The summed E-state index contributed by atoms with van der Waals surface area (Å²) in [5.74, 6) is -0.515. The van der Waals surface area contributed by atoms with Gasteiger partial charge >= 0.3 is 13.1 Å². The number of carboxylic acids is 1. The van der Waals surface area contributed by atoms with Crippen LogP contribution in [0.15, 0.2) is 11.0 Å². The Balaban J connectivity index is 1.76. The van der Waals surface area contributed by atoms with Gasteiger partial charge in [-0.15, -0.1) is 11.8 Å². The molecule has 8 heteroatoms. The number of amides is 1. The van der Waals surface area contributed by atoms with E-state index in [1.165, 1.54) is 0 Å². The third kappa shape index (κ3) is 4.54. The molecule has 0 bridgehead atoms. The van der Waals surface area contributed by atoms with Crippen molar-refractivity contribution in [3.8, 4) is 0 Å². The van der Waals surface area contributed by atoms with Crippen LogP contribution in [0.4, 0.5) is 0 Å². The predicted octanol–water partition coefficient (Wildman–Crippen LogP) is 0.555. The monoisotopic (exact) mass is 299 g/mol. The van der Waals surface area contributed by atoms with Crippen molar-refractivity contribution >= 4 is 30.8 Å². The lowest BCUT2D eigenvalue weighted by atomic mass is 9.72. The van der Waals surface area contributed by atoms with Crippen molar-refractivity contribution in [1.29, 1.82) is 0 Å². The van der Waals surface area contributed by atoms with E-state index in [4.69, 9.17) is 9.76 Å². The van der Waals surface area contributed by atoms with Gasteiger partial charge < -0.3 is 20.1 Å². The average Bonchev–Trinajstić information content (AvgIpc) is 2.84. The summed E-state index contributed by atoms with van der Waals surface area (Å²) in [4.78, 5) is 23.5. The highest BCUT2D eigenvalue weighted by Gasteiger charge is 2.36. The predicted molar refractivity (Wildman–Crippen MR) is 76.0 cm³/mol. The Hall–Kier alpha value is -0.985. The van der Waals surface area contributed by atoms with Gasteiger partial charge in [-0.05, 0) is 24.2 Å². The number of aliphatic carboxylic acids is 1. The van der Waals surface area contributed by atoms with Crippen LogP contribution in [-0.4, -0.2) is 46.9 Å². The molecule has 0 spiro atoms. The summed E-state index contributed by atoms with van der Waals surface area (Å²) in [5, 5.41) is 21.2. The zero-order valence-electron chi connectivity index (χ0n) is 11.1. The molecule has 110 valence electrons. The number of nitrogens with one attached hydrogen (secondary N) is 1. The maximum absolute atomic E-state index is 11.8. The van der Waals surface area contributed by atoms with Gasteiger partial charge in [0.1, 0.15) is 0 Å². The molecule has 0 aromatic heterocycles. The van der Waals surface area contributed by atoms with E-state index < -0.39 is 25.1 Å². The molecule has 2 rings (SSSR count). The van der Waals surface area contributed by atoms with Crippen molar-refractivity contribution in [3.05, 3.63) is 11.0 Å². The molecule has 6 nitrogen and oxygen atoms in total. The summed E-state index contributed by atoms with van der Waals surface area (Å²) in [6, 6.07) is 0. The van der Waals surface area contributed by atoms with Crippen molar-refractivity contribution in [2.75, 3.05) is 5.75 Å². The van der Waals surface area contributed by atoms with Crippen molar-refractivity contribution in [2.24, 2.45) is 0 Å². The number of hydrogen-bond donors (Lipinski definition) is 3. The van der Waals surface area contributed by atoms with Crippen LogP contribution in [0.3, 0.4) is 0 Å². The van der Waals surface area contributed by atoms with Crippen molar-refractivity contribution in [2.45, 2.75) is 44.1 Å². The number of carboxylic acid groups (broad SMARTS) is 1. The molecule has 20 heavy (non-hydrogen) atoms. The summed E-state index contributed by atoms with van der Waals surface area (Å²) < 4.78 is 5.22. The van der Waals surface area contributed by atoms with Crippen LogP contribution in [-0.2, 0) is 14.2 Å². The van der Waals surface area contributed by atoms with E-state index >= 15 is 0 Å². The lowest BCUT2D eigenvalue weighted by Crippen LogP contribution is -2.52. The topological polar surface area (TPSA) is 95.9 Å². The number of carbonyl (C=O) groups is 2. The van der Waals surface area contributed by atoms with Crippen LogP contribution in [0.5, 0.6) is 0 Å². The molecule has 0 aromatic rings.